The Hall–Kier alpha value is -2.39. The number of carbonyl (C=O) groups excluding carboxylic acids is 1. The monoisotopic (exact) mass is 401 g/mol. The van der Waals surface area contributed by atoms with Crippen molar-refractivity contribution in [1.82, 2.24) is 25.3 Å². The van der Waals surface area contributed by atoms with E-state index in [2.05, 4.69) is 20.4 Å². The van der Waals surface area contributed by atoms with Crippen LogP contribution in [-0.2, 0) is 16.7 Å². The number of rotatable bonds is 4. The van der Waals surface area contributed by atoms with Gasteiger partial charge in [-0.3, -0.25) is 4.90 Å². The number of hydrogen-bond donors (Lipinski definition) is 1. The third kappa shape index (κ3) is 3.42. The number of nitrogens with one attached hydrogen (secondary N) is 1. The number of likely N-dealkylation sites (tertiary alicyclic amines) is 2. The van der Waals surface area contributed by atoms with Crippen LogP contribution in [0, 0.1) is 12.8 Å². The highest BCUT2D eigenvalue weighted by molar-refractivity contribution is 5.75. The van der Waals surface area contributed by atoms with Gasteiger partial charge in [0, 0.05) is 51.4 Å². The van der Waals surface area contributed by atoms with Gasteiger partial charge in [0.05, 0.1) is 18.2 Å². The molecule has 5 rings (SSSR count). The van der Waals surface area contributed by atoms with Gasteiger partial charge in [-0.05, 0) is 31.9 Å². The quantitative estimate of drug-likeness (QED) is 0.830. The molecule has 0 aliphatic carbocycles. The van der Waals surface area contributed by atoms with E-state index in [0.29, 0.717) is 37.4 Å². The van der Waals surface area contributed by atoms with Gasteiger partial charge < -0.3 is 23.9 Å². The Bertz CT molecular complexity index is 847. The second-order valence-corrected chi connectivity index (χ2v) is 8.39. The molecule has 0 spiro atoms. The number of aromatic nitrogens is 2. The summed E-state index contributed by atoms with van der Waals surface area (Å²) in [6, 6.07) is 4.12. The van der Waals surface area contributed by atoms with Crippen molar-refractivity contribution in [2.75, 3.05) is 39.4 Å². The molecule has 0 unspecified atom stereocenters. The van der Waals surface area contributed by atoms with Crippen LogP contribution in [0.3, 0.4) is 0 Å². The van der Waals surface area contributed by atoms with Crippen LogP contribution in [0.4, 0.5) is 4.79 Å². The largest absolute Gasteiger partial charge is 0.467 e. The molecule has 3 aliphatic rings. The zero-order valence-corrected chi connectivity index (χ0v) is 16.7. The summed E-state index contributed by atoms with van der Waals surface area (Å²) in [5.41, 5.74) is -0.304. The number of urea groups is 1. The highest BCUT2D eigenvalue weighted by Crippen LogP contribution is 2.45. The number of carbonyl (C=O) groups is 1. The molecule has 156 valence electrons. The minimum absolute atomic E-state index is 0.0796. The molecule has 9 heteroatoms. The van der Waals surface area contributed by atoms with Crippen LogP contribution in [-0.4, -0.2) is 71.4 Å². The molecule has 0 bridgehead atoms. The topological polar surface area (TPSA) is 96.9 Å². The fourth-order valence-corrected chi connectivity index (χ4v) is 5.08. The normalized spacial score (nSPS) is 28.0. The maximum Gasteiger partial charge on any atom is 0.317 e. The van der Waals surface area contributed by atoms with Crippen molar-refractivity contribution in [2.24, 2.45) is 5.92 Å². The molecule has 2 aromatic rings. The van der Waals surface area contributed by atoms with Gasteiger partial charge in [0.2, 0.25) is 5.89 Å². The lowest BCUT2D eigenvalue weighted by atomic mass is 9.81. The fourth-order valence-electron chi connectivity index (χ4n) is 5.08. The Morgan fingerprint density at radius 1 is 1.31 bits per heavy atom. The predicted octanol–water partition coefficient (Wildman–Crippen LogP) is 1.55. The van der Waals surface area contributed by atoms with Gasteiger partial charge in [0.1, 0.15) is 5.76 Å². The third-order valence-electron chi connectivity index (χ3n) is 6.58. The fraction of sp³-hybridized carbons (Fsp3) is 0.650. The predicted molar refractivity (Wildman–Crippen MR) is 102 cm³/mol. The average Bonchev–Trinajstić information content (AvgIpc) is 3.50. The first kappa shape index (κ1) is 18.6. The lowest BCUT2D eigenvalue weighted by Crippen LogP contribution is -2.45. The molecule has 3 saturated heterocycles. The summed E-state index contributed by atoms with van der Waals surface area (Å²) in [6.45, 7) is 6.91. The maximum absolute atomic E-state index is 12.8. The highest BCUT2D eigenvalue weighted by Gasteiger charge is 2.58. The summed E-state index contributed by atoms with van der Waals surface area (Å²) in [5.74, 6) is 2.32. The van der Waals surface area contributed by atoms with E-state index in [9.17, 15) is 4.79 Å². The van der Waals surface area contributed by atoms with Crippen molar-refractivity contribution in [3.05, 3.63) is 35.9 Å². The molecular formula is C20H27N5O4. The number of amides is 2. The van der Waals surface area contributed by atoms with E-state index in [1.807, 2.05) is 24.0 Å². The summed E-state index contributed by atoms with van der Waals surface area (Å²) < 4.78 is 16.5. The van der Waals surface area contributed by atoms with E-state index in [1.165, 1.54) is 0 Å². The van der Waals surface area contributed by atoms with E-state index in [-0.39, 0.29) is 17.4 Å². The molecule has 2 atom stereocenters. The number of ether oxygens (including phenoxy) is 1. The molecule has 9 nitrogen and oxygen atoms in total. The number of aryl methyl sites for hydroxylation is 1. The second-order valence-electron chi connectivity index (χ2n) is 8.39. The van der Waals surface area contributed by atoms with Crippen molar-refractivity contribution in [1.29, 1.82) is 0 Å². The van der Waals surface area contributed by atoms with Gasteiger partial charge in [-0.25, -0.2) is 4.79 Å². The Morgan fingerprint density at radius 3 is 2.90 bits per heavy atom. The van der Waals surface area contributed by atoms with Crippen molar-refractivity contribution < 1.29 is 18.5 Å². The van der Waals surface area contributed by atoms with E-state index in [1.54, 1.807) is 6.26 Å². The van der Waals surface area contributed by atoms with Crippen LogP contribution >= 0.6 is 0 Å². The van der Waals surface area contributed by atoms with Gasteiger partial charge in [-0.15, -0.1) is 0 Å². The molecule has 5 heterocycles. The van der Waals surface area contributed by atoms with Crippen molar-refractivity contribution in [3.63, 3.8) is 0 Å². The molecule has 2 amide bonds. The molecule has 2 aromatic heterocycles. The lowest BCUT2D eigenvalue weighted by molar-refractivity contribution is 0.0377. The van der Waals surface area contributed by atoms with Crippen molar-refractivity contribution in [2.45, 2.75) is 37.8 Å². The molecule has 0 aromatic carbocycles. The Balaban J connectivity index is 1.32. The SMILES string of the molecule is Cc1noc([C@]23CN(C(=O)NCc4ccco4)C[C@H]2CN(C2CCOCC2)C3)n1. The summed E-state index contributed by atoms with van der Waals surface area (Å²) in [4.78, 5) is 21.8. The van der Waals surface area contributed by atoms with Gasteiger partial charge in [-0.1, -0.05) is 5.16 Å². The smallest absolute Gasteiger partial charge is 0.317 e. The van der Waals surface area contributed by atoms with Crippen molar-refractivity contribution >= 4 is 6.03 Å². The molecular weight excluding hydrogens is 374 g/mol. The minimum Gasteiger partial charge on any atom is -0.467 e. The average molecular weight is 401 g/mol. The highest BCUT2D eigenvalue weighted by atomic mass is 16.5. The summed E-state index contributed by atoms with van der Waals surface area (Å²) >= 11 is 0. The zero-order chi connectivity index (χ0) is 19.8. The second kappa shape index (κ2) is 7.46. The van der Waals surface area contributed by atoms with Crippen LogP contribution < -0.4 is 5.32 Å². The van der Waals surface area contributed by atoms with Crippen molar-refractivity contribution in [3.8, 4) is 0 Å². The summed E-state index contributed by atoms with van der Waals surface area (Å²) in [7, 11) is 0. The third-order valence-corrected chi connectivity index (χ3v) is 6.58. The van der Waals surface area contributed by atoms with E-state index in [4.69, 9.17) is 13.7 Å². The number of furan rings is 1. The summed E-state index contributed by atoms with van der Waals surface area (Å²) in [6.07, 6.45) is 3.72. The minimum atomic E-state index is -0.304. The number of hydrogen-bond acceptors (Lipinski definition) is 7. The van der Waals surface area contributed by atoms with Crippen LogP contribution in [0.2, 0.25) is 0 Å². The Kier molecular flexibility index (Phi) is 4.79. The molecule has 3 aliphatic heterocycles. The lowest BCUT2D eigenvalue weighted by Gasteiger charge is -2.33. The van der Waals surface area contributed by atoms with Gasteiger partial charge in [0.25, 0.3) is 0 Å². The molecule has 29 heavy (non-hydrogen) atoms. The standard InChI is InChI=1S/C20H27N5O4/c1-14-22-18(29-23-14)20-12-24(16-4-7-27-8-5-16)10-15(20)11-25(13-20)19(26)21-9-17-3-2-6-28-17/h2-3,6,15-16H,4-5,7-13H2,1H3,(H,21,26)/t15-,20-/m1/s1. The van der Waals surface area contributed by atoms with Gasteiger partial charge in [0.15, 0.2) is 5.82 Å². The van der Waals surface area contributed by atoms with Gasteiger partial charge in [-0.2, -0.15) is 4.98 Å². The Labute approximate surface area is 169 Å². The van der Waals surface area contributed by atoms with Crippen LogP contribution in [0.5, 0.6) is 0 Å². The number of fused-ring (bicyclic) bond motifs is 1. The van der Waals surface area contributed by atoms with Crippen LogP contribution in [0.25, 0.3) is 0 Å². The first-order chi connectivity index (χ1) is 14.1. The first-order valence-corrected chi connectivity index (χ1v) is 10.3. The van der Waals surface area contributed by atoms with E-state index < -0.39 is 0 Å². The van der Waals surface area contributed by atoms with E-state index >= 15 is 0 Å². The van der Waals surface area contributed by atoms with E-state index in [0.717, 1.165) is 44.9 Å². The first-order valence-electron chi connectivity index (χ1n) is 10.3. The Morgan fingerprint density at radius 2 is 2.17 bits per heavy atom. The van der Waals surface area contributed by atoms with Crippen LogP contribution in [0.1, 0.15) is 30.3 Å². The number of nitrogens with zero attached hydrogens (tertiary/aromatic N) is 4. The molecule has 0 radical (unpaired) electrons. The van der Waals surface area contributed by atoms with Gasteiger partial charge >= 0.3 is 6.03 Å². The molecule has 0 saturated carbocycles. The maximum atomic E-state index is 12.8. The molecule has 3 fully saturated rings. The van der Waals surface area contributed by atoms with Crippen LogP contribution in [0.15, 0.2) is 27.3 Å². The zero-order valence-electron chi connectivity index (χ0n) is 16.7. The summed E-state index contributed by atoms with van der Waals surface area (Å²) in [5, 5.41) is 7.00. The molecule has 1 N–H and O–H groups in total.